The SMILES string of the molecule is O=CNCC(=O)CCSCCCCCCCCCCSCCC(=O)CNC=O. The number of carbonyl (C=O) groups is 4. The summed E-state index contributed by atoms with van der Waals surface area (Å²) in [4.78, 5) is 42.8. The zero-order valence-corrected chi connectivity index (χ0v) is 18.6. The van der Waals surface area contributed by atoms with Crippen LogP contribution in [-0.4, -0.2) is 60.5 Å². The van der Waals surface area contributed by atoms with Gasteiger partial charge in [0.2, 0.25) is 12.8 Å². The summed E-state index contributed by atoms with van der Waals surface area (Å²) in [6.07, 6.45) is 12.3. The zero-order valence-electron chi connectivity index (χ0n) is 16.9. The molecule has 0 aliphatic carbocycles. The Morgan fingerprint density at radius 1 is 0.571 bits per heavy atom. The van der Waals surface area contributed by atoms with E-state index in [0.29, 0.717) is 25.7 Å². The molecule has 8 heteroatoms. The third-order valence-corrected chi connectivity index (χ3v) is 6.28. The molecule has 2 amide bonds. The highest BCUT2D eigenvalue weighted by Gasteiger charge is 2.01. The van der Waals surface area contributed by atoms with Crippen molar-refractivity contribution in [3.05, 3.63) is 0 Å². The first kappa shape index (κ1) is 27.0. The second-order valence-electron chi connectivity index (χ2n) is 6.63. The van der Waals surface area contributed by atoms with Gasteiger partial charge in [-0.05, 0) is 24.3 Å². The first-order valence-corrected chi connectivity index (χ1v) is 12.5. The first-order chi connectivity index (χ1) is 13.7. The maximum atomic E-state index is 11.3. The highest BCUT2D eigenvalue weighted by atomic mass is 32.2. The van der Waals surface area contributed by atoms with Crippen molar-refractivity contribution in [1.82, 2.24) is 10.6 Å². The molecule has 0 fully saturated rings. The van der Waals surface area contributed by atoms with Crippen LogP contribution in [0.3, 0.4) is 0 Å². The van der Waals surface area contributed by atoms with E-state index in [-0.39, 0.29) is 24.7 Å². The first-order valence-electron chi connectivity index (χ1n) is 10.2. The summed E-state index contributed by atoms with van der Waals surface area (Å²) < 4.78 is 0. The highest BCUT2D eigenvalue weighted by Crippen LogP contribution is 2.13. The lowest BCUT2D eigenvalue weighted by molar-refractivity contribution is -0.120. The number of hydrogen-bond acceptors (Lipinski definition) is 6. The summed E-state index contributed by atoms with van der Waals surface area (Å²) in [5.74, 6) is 4.11. The molecule has 0 saturated heterocycles. The zero-order chi connectivity index (χ0) is 20.7. The lowest BCUT2D eigenvalue weighted by Gasteiger charge is -2.04. The minimum absolute atomic E-state index is 0.0957. The van der Waals surface area contributed by atoms with E-state index in [1.807, 2.05) is 23.5 Å². The number of carbonyl (C=O) groups excluding carboxylic acids is 4. The summed E-state index contributed by atoms with van der Waals surface area (Å²) in [7, 11) is 0. The number of rotatable bonds is 23. The van der Waals surface area contributed by atoms with E-state index in [1.54, 1.807) is 0 Å². The van der Waals surface area contributed by atoms with Crippen molar-refractivity contribution < 1.29 is 19.2 Å². The molecule has 0 rings (SSSR count). The second kappa shape index (κ2) is 22.3. The van der Waals surface area contributed by atoms with Gasteiger partial charge in [0.05, 0.1) is 13.1 Å². The van der Waals surface area contributed by atoms with Gasteiger partial charge >= 0.3 is 0 Å². The number of amides is 2. The molecule has 0 radical (unpaired) electrons. The lowest BCUT2D eigenvalue weighted by Crippen LogP contribution is -2.21. The Balaban J connectivity index is 3.14. The van der Waals surface area contributed by atoms with Crippen LogP contribution in [0.1, 0.15) is 64.2 Å². The fraction of sp³-hybridized carbons (Fsp3) is 0.800. The number of unbranched alkanes of at least 4 members (excludes halogenated alkanes) is 7. The molecule has 6 nitrogen and oxygen atoms in total. The molecule has 0 saturated carbocycles. The third kappa shape index (κ3) is 21.3. The third-order valence-electron chi connectivity index (χ3n) is 4.14. The number of Topliss-reactive ketones (excluding diaryl/α,β-unsaturated/α-hetero) is 2. The van der Waals surface area contributed by atoms with Crippen molar-refractivity contribution in [1.29, 1.82) is 0 Å². The number of nitrogens with one attached hydrogen (secondary N) is 2. The van der Waals surface area contributed by atoms with Crippen LogP contribution in [-0.2, 0) is 19.2 Å². The lowest BCUT2D eigenvalue weighted by atomic mass is 10.1. The molecule has 0 atom stereocenters. The second-order valence-corrected chi connectivity index (χ2v) is 9.08. The normalized spacial score (nSPS) is 10.4. The molecule has 0 bridgehead atoms. The van der Waals surface area contributed by atoms with Gasteiger partial charge < -0.3 is 10.6 Å². The minimum atomic E-state index is 0.0957. The van der Waals surface area contributed by atoms with Gasteiger partial charge in [-0.3, -0.25) is 19.2 Å². The van der Waals surface area contributed by atoms with Crippen molar-refractivity contribution in [3.8, 4) is 0 Å². The fourth-order valence-electron chi connectivity index (χ4n) is 2.53. The van der Waals surface area contributed by atoms with Crippen LogP contribution < -0.4 is 10.6 Å². The van der Waals surface area contributed by atoms with E-state index in [0.717, 1.165) is 23.0 Å². The summed E-state index contributed by atoms with van der Waals surface area (Å²) >= 11 is 3.65. The van der Waals surface area contributed by atoms with Crippen molar-refractivity contribution in [2.24, 2.45) is 0 Å². The average molecular weight is 433 g/mol. The summed E-state index contributed by atoms with van der Waals surface area (Å²) in [6, 6.07) is 0. The predicted molar refractivity (Wildman–Crippen MR) is 119 cm³/mol. The van der Waals surface area contributed by atoms with Crippen molar-refractivity contribution in [3.63, 3.8) is 0 Å². The van der Waals surface area contributed by atoms with Crippen molar-refractivity contribution in [2.75, 3.05) is 36.1 Å². The molecule has 28 heavy (non-hydrogen) atoms. The molecule has 0 aromatic rings. The van der Waals surface area contributed by atoms with E-state index in [4.69, 9.17) is 0 Å². The summed E-state index contributed by atoms with van der Waals surface area (Å²) in [5, 5.41) is 4.79. The molecular weight excluding hydrogens is 396 g/mol. The molecule has 0 unspecified atom stereocenters. The summed E-state index contributed by atoms with van der Waals surface area (Å²) in [6.45, 7) is 0.311. The molecule has 2 N–H and O–H groups in total. The number of hydrogen-bond donors (Lipinski definition) is 2. The van der Waals surface area contributed by atoms with E-state index in [9.17, 15) is 19.2 Å². The van der Waals surface area contributed by atoms with Crippen LogP contribution in [0.4, 0.5) is 0 Å². The Labute approximate surface area is 178 Å². The minimum Gasteiger partial charge on any atom is -0.352 e. The fourth-order valence-corrected chi connectivity index (χ4v) is 4.50. The molecule has 0 aromatic carbocycles. The smallest absolute Gasteiger partial charge is 0.207 e. The Morgan fingerprint density at radius 2 is 0.929 bits per heavy atom. The van der Waals surface area contributed by atoms with Crippen LogP contribution in [0.25, 0.3) is 0 Å². The topological polar surface area (TPSA) is 92.3 Å². The van der Waals surface area contributed by atoms with Gasteiger partial charge in [0.15, 0.2) is 11.6 Å². The molecule has 0 aliphatic rings. The van der Waals surface area contributed by atoms with Gasteiger partial charge in [-0.25, -0.2) is 0 Å². The van der Waals surface area contributed by atoms with Crippen LogP contribution in [0, 0.1) is 0 Å². The van der Waals surface area contributed by atoms with Crippen molar-refractivity contribution >= 4 is 47.9 Å². The van der Waals surface area contributed by atoms with Crippen LogP contribution in [0.5, 0.6) is 0 Å². The van der Waals surface area contributed by atoms with Gasteiger partial charge in [-0.2, -0.15) is 23.5 Å². The number of ketones is 2. The average Bonchev–Trinajstić information content (AvgIpc) is 2.70. The summed E-state index contributed by atoms with van der Waals surface area (Å²) in [5.41, 5.74) is 0. The molecule has 0 aromatic heterocycles. The van der Waals surface area contributed by atoms with Gasteiger partial charge in [0.1, 0.15) is 0 Å². The Hall–Kier alpha value is -1.02. The van der Waals surface area contributed by atoms with Crippen LogP contribution >= 0.6 is 23.5 Å². The van der Waals surface area contributed by atoms with Gasteiger partial charge in [0.25, 0.3) is 0 Å². The molecular formula is C20H36N2O4S2. The highest BCUT2D eigenvalue weighted by molar-refractivity contribution is 7.99. The monoisotopic (exact) mass is 432 g/mol. The maximum absolute atomic E-state index is 11.3. The van der Waals surface area contributed by atoms with E-state index in [1.165, 1.54) is 51.4 Å². The standard InChI is InChI=1S/C20H36N2O4S2/c23-17-21-15-19(25)9-13-27-11-7-5-3-1-2-4-6-8-12-28-14-10-20(26)16-22-18-24/h17-18H,1-16H2,(H,21,23)(H,22,24). The molecule has 0 aliphatic heterocycles. The largest absolute Gasteiger partial charge is 0.352 e. The van der Waals surface area contributed by atoms with Gasteiger partial charge in [0, 0.05) is 24.3 Å². The van der Waals surface area contributed by atoms with Gasteiger partial charge in [-0.1, -0.05) is 38.5 Å². The molecule has 162 valence electrons. The molecule has 0 heterocycles. The Kier molecular flexibility index (Phi) is 21.5. The van der Waals surface area contributed by atoms with Gasteiger partial charge in [-0.15, -0.1) is 0 Å². The predicted octanol–water partition coefficient (Wildman–Crippen LogP) is 2.98. The quantitative estimate of drug-likeness (QED) is 0.190. The van der Waals surface area contributed by atoms with Crippen LogP contribution in [0.2, 0.25) is 0 Å². The Bertz CT molecular complexity index is 385. The van der Waals surface area contributed by atoms with E-state index >= 15 is 0 Å². The van der Waals surface area contributed by atoms with Crippen molar-refractivity contribution in [2.45, 2.75) is 64.2 Å². The Morgan fingerprint density at radius 3 is 1.29 bits per heavy atom. The van der Waals surface area contributed by atoms with E-state index < -0.39 is 0 Å². The number of thioether (sulfide) groups is 2. The van der Waals surface area contributed by atoms with E-state index in [2.05, 4.69) is 10.6 Å². The molecule has 0 spiro atoms. The maximum Gasteiger partial charge on any atom is 0.207 e. The van der Waals surface area contributed by atoms with Crippen LogP contribution in [0.15, 0.2) is 0 Å².